The van der Waals surface area contributed by atoms with E-state index in [9.17, 15) is 4.79 Å². The Morgan fingerprint density at radius 1 is 1.00 bits per heavy atom. The van der Waals surface area contributed by atoms with Crippen LogP contribution in [0.2, 0.25) is 0 Å². The van der Waals surface area contributed by atoms with Gasteiger partial charge in [0.15, 0.2) is 0 Å². The number of hydrogen-bond acceptors (Lipinski definition) is 1. The summed E-state index contributed by atoms with van der Waals surface area (Å²) in [5.41, 5.74) is 6.28. The van der Waals surface area contributed by atoms with E-state index >= 15 is 0 Å². The summed E-state index contributed by atoms with van der Waals surface area (Å²) in [6.07, 6.45) is 2.35. The van der Waals surface area contributed by atoms with Crippen molar-refractivity contribution in [3.63, 3.8) is 0 Å². The summed E-state index contributed by atoms with van der Waals surface area (Å²) < 4.78 is 0. The lowest BCUT2D eigenvalue weighted by Gasteiger charge is -2.15. The lowest BCUT2D eigenvalue weighted by molar-refractivity contribution is -0.121. The number of nitrogens with one attached hydrogen (secondary N) is 1. The Hall–Kier alpha value is -2.09. The second-order valence-electron chi connectivity index (χ2n) is 6.30. The summed E-state index contributed by atoms with van der Waals surface area (Å²) in [4.78, 5) is 12.2. The second kappa shape index (κ2) is 7.96. The van der Waals surface area contributed by atoms with Gasteiger partial charge in [0.05, 0.1) is 6.04 Å². The number of benzene rings is 2. The van der Waals surface area contributed by atoms with Crippen LogP contribution in [0, 0.1) is 13.8 Å². The third-order valence-corrected chi connectivity index (χ3v) is 4.48. The van der Waals surface area contributed by atoms with Gasteiger partial charge in [-0.05, 0) is 61.4 Å². The standard InChI is InChI=1S/C21H27NO/c1-5-18-8-11-20(12-9-18)17(4)22-21(23)13-10-19-7-6-15(2)16(3)14-19/h6-9,11-12,14,17H,5,10,13H2,1-4H3,(H,22,23)/t17-/m1/s1. The molecule has 0 spiro atoms. The lowest BCUT2D eigenvalue weighted by Crippen LogP contribution is -2.26. The second-order valence-corrected chi connectivity index (χ2v) is 6.30. The molecule has 23 heavy (non-hydrogen) atoms. The molecule has 0 heterocycles. The van der Waals surface area contributed by atoms with Crippen LogP contribution in [0.25, 0.3) is 0 Å². The molecule has 0 bridgehead atoms. The van der Waals surface area contributed by atoms with E-state index in [2.05, 4.69) is 68.6 Å². The van der Waals surface area contributed by atoms with E-state index in [1.54, 1.807) is 0 Å². The molecule has 0 radical (unpaired) electrons. The van der Waals surface area contributed by atoms with Crippen molar-refractivity contribution < 1.29 is 4.79 Å². The molecule has 1 N–H and O–H groups in total. The molecule has 2 aromatic carbocycles. The molecule has 0 fully saturated rings. The van der Waals surface area contributed by atoms with Gasteiger partial charge >= 0.3 is 0 Å². The number of aryl methyl sites for hydroxylation is 4. The fraction of sp³-hybridized carbons (Fsp3) is 0.381. The van der Waals surface area contributed by atoms with Crippen molar-refractivity contribution >= 4 is 5.91 Å². The van der Waals surface area contributed by atoms with Crippen LogP contribution in [-0.4, -0.2) is 5.91 Å². The molecule has 1 amide bonds. The number of carbonyl (C=O) groups excluding carboxylic acids is 1. The first kappa shape index (κ1) is 17.3. The molecule has 0 saturated carbocycles. The fourth-order valence-corrected chi connectivity index (χ4v) is 2.66. The van der Waals surface area contributed by atoms with Gasteiger partial charge in [0.25, 0.3) is 0 Å². The monoisotopic (exact) mass is 309 g/mol. The summed E-state index contributed by atoms with van der Waals surface area (Å²) in [5.74, 6) is 0.107. The van der Waals surface area contributed by atoms with E-state index < -0.39 is 0 Å². The van der Waals surface area contributed by atoms with Crippen molar-refractivity contribution in [2.75, 3.05) is 0 Å². The predicted molar refractivity (Wildman–Crippen MR) is 96.6 cm³/mol. The molecule has 0 saturated heterocycles. The maximum absolute atomic E-state index is 12.2. The van der Waals surface area contributed by atoms with Crippen LogP contribution in [-0.2, 0) is 17.6 Å². The molecule has 0 aliphatic rings. The van der Waals surface area contributed by atoms with E-state index in [0.717, 1.165) is 18.4 Å². The Labute approximate surface area is 139 Å². The number of rotatable bonds is 6. The first-order valence-corrected chi connectivity index (χ1v) is 8.44. The SMILES string of the molecule is CCc1ccc([C@@H](C)NC(=O)CCc2ccc(C)c(C)c2)cc1. The minimum Gasteiger partial charge on any atom is -0.350 e. The Kier molecular flexibility index (Phi) is 5.97. The average molecular weight is 309 g/mol. The predicted octanol–water partition coefficient (Wildman–Crippen LogP) is 4.68. The first-order chi connectivity index (χ1) is 11.0. The van der Waals surface area contributed by atoms with Gasteiger partial charge in [-0.3, -0.25) is 4.79 Å². The number of hydrogen-bond donors (Lipinski definition) is 1. The van der Waals surface area contributed by atoms with Crippen LogP contribution in [0.15, 0.2) is 42.5 Å². The quantitative estimate of drug-likeness (QED) is 0.825. The van der Waals surface area contributed by atoms with Crippen LogP contribution < -0.4 is 5.32 Å². The van der Waals surface area contributed by atoms with Crippen LogP contribution in [0.1, 0.15) is 54.1 Å². The lowest BCUT2D eigenvalue weighted by atomic mass is 10.0. The minimum absolute atomic E-state index is 0.0492. The zero-order valence-electron chi connectivity index (χ0n) is 14.6. The largest absolute Gasteiger partial charge is 0.350 e. The van der Waals surface area contributed by atoms with E-state index in [4.69, 9.17) is 0 Å². The molecule has 2 nitrogen and oxygen atoms in total. The first-order valence-electron chi connectivity index (χ1n) is 8.44. The molecule has 0 aromatic heterocycles. The van der Waals surface area contributed by atoms with Crippen LogP contribution in [0.3, 0.4) is 0 Å². The average Bonchev–Trinajstić information content (AvgIpc) is 2.56. The topological polar surface area (TPSA) is 29.1 Å². The molecule has 0 aliphatic carbocycles. The molecule has 2 heteroatoms. The van der Waals surface area contributed by atoms with Crippen LogP contribution in [0.4, 0.5) is 0 Å². The van der Waals surface area contributed by atoms with Crippen LogP contribution >= 0.6 is 0 Å². The fourth-order valence-electron chi connectivity index (χ4n) is 2.66. The molecule has 1 atom stereocenters. The third kappa shape index (κ3) is 4.95. The smallest absolute Gasteiger partial charge is 0.220 e. The summed E-state index contributed by atoms with van der Waals surface area (Å²) in [5, 5.41) is 3.09. The van der Waals surface area contributed by atoms with Crippen molar-refractivity contribution in [1.82, 2.24) is 5.32 Å². The van der Waals surface area contributed by atoms with E-state index in [1.165, 1.54) is 22.3 Å². The maximum Gasteiger partial charge on any atom is 0.220 e. The van der Waals surface area contributed by atoms with Gasteiger partial charge < -0.3 is 5.32 Å². The maximum atomic E-state index is 12.2. The highest BCUT2D eigenvalue weighted by Gasteiger charge is 2.10. The zero-order chi connectivity index (χ0) is 16.8. The summed E-state index contributed by atoms with van der Waals surface area (Å²) in [6.45, 7) is 8.40. The Morgan fingerprint density at radius 2 is 1.65 bits per heavy atom. The van der Waals surface area contributed by atoms with Crippen molar-refractivity contribution in [1.29, 1.82) is 0 Å². The molecular weight excluding hydrogens is 282 g/mol. The van der Waals surface area contributed by atoms with Gasteiger partial charge in [0.1, 0.15) is 0 Å². The van der Waals surface area contributed by atoms with Crippen molar-refractivity contribution in [2.45, 2.75) is 53.0 Å². The van der Waals surface area contributed by atoms with Crippen molar-refractivity contribution in [2.24, 2.45) is 0 Å². The summed E-state index contributed by atoms with van der Waals surface area (Å²) in [7, 11) is 0. The number of carbonyl (C=O) groups is 1. The third-order valence-electron chi connectivity index (χ3n) is 4.48. The minimum atomic E-state index is 0.0492. The summed E-state index contributed by atoms with van der Waals surface area (Å²) >= 11 is 0. The zero-order valence-corrected chi connectivity index (χ0v) is 14.6. The number of amides is 1. The van der Waals surface area contributed by atoms with Gasteiger partial charge in [-0.2, -0.15) is 0 Å². The molecule has 0 aliphatic heterocycles. The molecule has 2 rings (SSSR count). The summed E-state index contributed by atoms with van der Waals surface area (Å²) in [6, 6.07) is 14.9. The van der Waals surface area contributed by atoms with Crippen LogP contribution in [0.5, 0.6) is 0 Å². The van der Waals surface area contributed by atoms with Gasteiger partial charge in [0, 0.05) is 6.42 Å². The normalized spacial score (nSPS) is 12.0. The molecular formula is C21H27NO. The highest BCUT2D eigenvalue weighted by atomic mass is 16.1. The van der Waals surface area contributed by atoms with Crippen molar-refractivity contribution in [3.05, 3.63) is 70.3 Å². The van der Waals surface area contributed by atoms with Crippen molar-refractivity contribution in [3.8, 4) is 0 Å². The van der Waals surface area contributed by atoms with Gasteiger partial charge in [-0.25, -0.2) is 0 Å². The van der Waals surface area contributed by atoms with Gasteiger partial charge in [0.2, 0.25) is 5.91 Å². The highest BCUT2D eigenvalue weighted by molar-refractivity contribution is 5.76. The Balaban J connectivity index is 1.86. The molecule has 2 aromatic rings. The van der Waals surface area contributed by atoms with E-state index in [-0.39, 0.29) is 11.9 Å². The van der Waals surface area contributed by atoms with Gasteiger partial charge in [-0.1, -0.05) is 49.4 Å². The molecule has 0 unspecified atom stereocenters. The van der Waals surface area contributed by atoms with E-state index in [0.29, 0.717) is 6.42 Å². The van der Waals surface area contributed by atoms with Gasteiger partial charge in [-0.15, -0.1) is 0 Å². The Morgan fingerprint density at radius 3 is 2.26 bits per heavy atom. The highest BCUT2D eigenvalue weighted by Crippen LogP contribution is 2.15. The molecule has 122 valence electrons. The Bertz CT molecular complexity index is 658. The van der Waals surface area contributed by atoms with E-state index in [1.807, 2.05) is 6.92 Å².